The van der Waals surface area contributed by atoms with Gasteiger partial charge < -0.3 is 19.3 Å². The summed E-state index contributed by atoms with van der Waals surface area (Å²) in [6.07, 6.45) is 22.5. The third-order valence-corrected chi connectivity index (χ3v) is 35.3. The molecule has 3 unspecified atom stereocenters. The molecule has 14 aromatic carbocycles. The monoisotopic (exact) mass is 2130 g/mol. The van der Waals surface area contributed by atoms with Gasteiger partial charge in [-0.05, 0) is 249 Å². The molecule has 0 aliphatic heterocycles. The van der Waals surface area contributed by atoms with Crippen LogP contribution in [0.1, 0.15) is 110 Å². The molecule has 0 fully saturated rings. The van der Waals surface area contributed by atoms with Gasteiger partial charge in [-0.1, -0.05) is 352 Å². The topological polar surface area (TPSA) is 135 Å². The van der Waals surface area contributed by atoms with E-state index in [0.717, 1.165) is 145 Å². The van der Waals surface area contributed by atoms with E-state index in [0.29, 0.717) is 0 Å². The van der Waals surface area contributed by atoms with Gasteiger partial charge in [0.2, 0.25) is 0 Å². The number of aldehydes is 2. The summed E-state index contributed by atoms with van der Waals surface area (Å²) >= 11 is 0. The molecule has 3 atom stereocenters. The normalized spacial score (nSPS) is 14.6. The van der Waals surface area contributed by atoms with Gasteiger partial charge in [-0.25, -0.2) is 9.97 Å². The number of aromatic nitrogens is 7. The van der Waals surface area contributed by atoms with E-state index in [2.05, 4.69) is 367 Å². The van der Waals surface area contributed by atoms with E-state index in [1.54, 1.807) is 19.5 Å². The second-order valence-electron chi connectivity index (χ2n) is 35.9. The number of hydrogen-bond donors (Lipinski definition) is 0. The van der Waals surface area contributed by atoms with Gasteiger partial charge in [0.15, 0.2) is 0 Å². The van der Waals surface area contributed by atoms with Crippen molar-refractivity contribution in [2.45, 2.75) is 49.5 Å². The second kappa shape index (κ2) is 50.7. The molecule has 0 saturated heterocycles. The van der Waals surface area contributed by atoms with Crippen LogP contribution in [0.25, 0.3) is 91.6 Å². The Morgan fingerprint density at radius 3 is 1.13 bits per heavy atom. The van der Waals surface area contributed by atoms with E-state index in [1.807, 2.05) is 194 Å². The number of rotatable bonds is 21. The third kappa shape index (κ3) is 24.8. The van der Waals surface area contributed by atoms with Gasteiger partial charge in [0.25, 0.3) is 0 Å². The Morgan fingerprint density at radius 1 is 0.311 bits per heavy atom. The Labute approximate surface area is 882 Å². The van der Waals surface area contributed by atoms with Gasteiger partial charge in [-0.3, -0.25) is 19.9 Å². The van der Waals surface area contributed by atoms with Gasteiger partial charge in [-0.15, -0.1) is 46.6 Å². The van der Waals surface area contributed by atoms with E-state index in [9.17, 15) is 9.59 Å². The van der Waals surface area contributed by atoms with Crippen LogP contribution in [0.2, 0.25) is 0 Å². The summed E-state index contributed by atoms with van der Waals surface area (Å²) in [6, 6.07) is 178. The number of carbonyl (C=O) groups excluding carboxylic acids is 2. The number of methoxy groups -OCH3 is 1. The number of hydrogen-bond acceptors (Lipinski definition) is 9. The maximum atomic E-state index is 11.1. The Hall–Kier alpha value is -16.7. The molecular weight excluding hydrogens is 2020 g/mol. The molecule has 3 aliphatic carbocycles. The van der Waals surface area contributed by atoms with Gasteiger partial charge in [0.05, 0.1) is 57.8 Å². The van der Waals surface area contributed by atoms with E-state index >= 15 is 0 Å². The number of carbonyl (C=O) groups is 2. The van der Waals surface area contributed by atoms with Gasteiger partial charge in [0.1, 0.15) is 65.1 Å². The molecule has 0 N–H and O–H groups in total. The van der Waals surface area contributed by atoms with Crippen LogP contribution in [0.3, 0.4) is 0 Å². The number of ether oxygens (including phenoxy) is 1. The molecule has 3 aliphatic rings. The number of fused-ring (bicyclic) bond motifs is 4. The maximum absolute atomic E-state index is 11.1. The van der Waals surface area contributed by atoms with Crippen LogP contribution in [0.5, 0.6) is 0 Å². The van der Waals surface area contributed by atoms with Crippen LogP contribution in [0.4, 0.5) is 0 Å². The Bertz CT molecular complexity index is 7940. The number of pyridine rings is 6. The first-order valence-electron chi connectivity index (χ1n) is 49.7. The van der Waals surface area contributed by atoms with Crippen LogP contribution in [0.15, 0.2) is 522 Å². The van der Waals surface area contributed by atoms with Crippen molar-refractivity contribution in [3.8, 4) is 33.8 Å². The van der Waals surface area contributed by atoms with Crippen LogP contribution in [-0.4, -0.2) is 49.6 Å². The molecule has 13 heteroatoms. The predicted octanol–water partition coefficient (Wildman–Crippen LogP) is 27.1. The van der Waals surface area contributed by atoms with Gasteiger partial charge in [0, 0.05) is 48.7 Å². The summed E-state index contributed by atoms with van der Waals surface area (Å²) in [5, 5.41) is 12.5. The number of allylic oxidation sites excluding steroid dienone is 3. The van der Waals surface area contributed by atoms with E-state index in [-0.39, 0.29) is 39.0 Å². The fourth-order valence-corrected chi connectivity index (χ4v) is 28.0. The first-order chi connectivity index (χ1) is 72.7. The van der Waals surface area contributed by atoms with Crippen LogP contribution in [-0.2, 0) is 47.7 Å². The van der Waals surface area contributed by atoms with Crippen molar-refractivity contribution in [1.29, 1.82) is 0 Å². The number of nitrogens with zero attached hydrogens (tertiary/aromatic N) is 7. The SMILES string of the molecule is C(=C1/C/C(=C\c2cccc(-c3ccccc3)n2)c2ccccc21)/c1ccccn1.COC1CC(C=O)c2ccccc21.O=CC1C/C(=C\c2ccccn2)c2ccccc21.[Pt+2].[c-]1ccccc1-c1cccc(C=c2[n-]c(=Cc3ccccn3)c3ccccc23)n1.c1ccc(-c2cccc(C[P+](c3ccccc3)(c3ccccc3)c3ccccc3)n2)cc1.c1ccc(C[P+](c2ccccc2)(c2ccccc2)c2ccccc2)cc1. The summed E-state index contributed by atoms with van der Waals surface area (Å²) in [5.41, 5.74) is 24.3. The molecule has 720 valence electrons. The number of benzene rings is 14. The first-order valence-corrected chi connectivity index (χ1v) is 53.6. The van der Waals surface area contributed by atoms with Crippen molar-refractivity contribution in [1.82, 2.24) is 34.9 Å². The molecule has 0 spiro atoms. The van der Waals surface area contributed by atoms with Crippen molar-refractivity contribution in [3.05, 3.63) is 612 Å². The van der Waals surface area contributed by atoms with E-state index in [1.165, 1.54) is 76.4 Å². The first kappa shape index (κ1) is 101. The second-order valence-corrected chi connectivity index (χ2v) is 42.9. The minimum absolute atomic E-state index is 0. The smallest absolute Gasteiger partial charge is 0.657 e. The van der Waals surface area contributed by atoms with E-state index < -0.39 is 14.5 Å². The molecule has 0 amide bonds. The van der Waals surface area contributed by atoms with Crippen molar-refractivity contribution in [3.63, 3.8) is 0 Å². The average molecular weight is 2130 g/mol. The van der Waals surface area contributed by atoms with Crippen molar-refractivity contribution >= 4 is 117 Å². The summed E-state index contributed by atoms with van der Waals surface area (Å²) in [7, 11) is -2.04. The predicted molar refractivity (Wildman–Crippen MR) is 613 cm³/mol. The van der Waals surface area contributed by atoms with E-state index in [4.69, 9.17) is 24.7 Å². The summed E-state index contributed by atoms with van der Waals surface area (Å²) in [5.74, 6) is 0.0253. The molecule has 0 bridgehead atoms. The van der Waals surface area contributed by atoms with Crippen LogP contribution < -0.4 is 47.5 Å². The average Bonchev–Trinajstić information content (AvgIpc) is 1.18. The molecular formula is C135H109N7O3P2Pt+2. The zero-order valence-corrected chi connectivity index (χ0v) is 86.1. The summed E-state index contributed by atoms with van der Waals surface area (Å²) < 4.78 is 5.31. The Morgan fingerprint density at radius 2 is 0.669 bits per heavy atom. The molecule has 0 radical (unpaired) electrons. The van der Waals surface area contributed by atoms with Crippen molar-refractivity contribution < 1.29 is 35.4 Å². The fourth-order valence-electron chi connectivity index (χ4n) is 19.6. The van der Waals surface area contributed by atoms with Crippen molar-refractivity contribution in [2.24, 2.45) is 0 Å². The Balaban J connectivity index is 0.000000118. The molecule has 7 heterocycles. The minimum Gasteiger partial charge on any atom is -0.657 e. The molecule has 148 heavy (non-hydrogen) atoms. The maximum Gasteiger partial charge on any atom is 2.00 e. The fraction of sp³-hybridized carbons (Fsp3) is 0.0667. The molecule has 24 rings (SSSR count). The van der Waals surface area contributed by atoms with Crippen LogP contribution >= 0.6 is 14.5 Å². The minimum atomic E-state index is -1.95. The summed E-state index contributed by atoms with van der Waals surface area (Å²) in [6.45, 7) is 0. The molecule has 21 aromatic rings. The third-order valence-electron chi connectivity index (χ3n) is 26.6. The molecule has 10 nitrogen and oxygen atoms in total. The largest absolute Gasteiger partial charge is 2.00 e. The van der Waals surface area contributed by atoms with Crippen LogP contribution in [0, 0.1) is 6.07 Å². The van der Waals surface area contributed by atoms with Crippen molar-refractivity contribution in [2.75, 3.05) is 7.11 Å². The van der Waals surface area contributed by atoms with Gasteiger partial charge in [-0.2, -0.15) is 0 Å². The standard InChI is InChI=1S/C30H25NP.C27H20N2.C26H17N3.C25H22P.C16H13NO.C11H12O2.Pt/c1-5-14-25(15-6-1)30-23-13-16-26(31-30)24-32(27-17-7-2-8-18-27,28-19-9-3-10-20-28)29-21-11-4-12-22-29;1-2-9-20(10-3-1)27-15-8-12-24(29-27)19-22-17-21(18-23-11-6-7-16-28-23)25-13-4-5-14-26(22)25;1-2-9-19(10-3-1)24-15-8-12-21(28-24)18-26-23-14-5-4-13-22(23)25(29-26)17-20-11-6-7-16-27-20;1-5-13-22(14-6-1)21-26(23-15-7-2-8-16-23,24-17-9-3-10-18-24)25-19-11-4-12-20-25;18-11-13-9-12(10-14-5-3-4-8-17-14)15-6-1-2-7-16(13)15;1-13-11-6-8(7-12)9-4-2-3-5-10(9)11;/h1-23H,24H2;1-16,18-19H,17H2;1-9,11-18H;1-20H,21H2;1-8,10-11,13H,9H2;2-5,7-8,11H,6H2,1H3;/q+1;;-2;+1;;;+2/b;21-18+,22-19+;;;12-10+;;. The zero-order valence-electron chi connectivity index (χ0n) is 82.0. The Kier molecular flexibility index (Phi) is 34.7. The van der Waals surface area contributed by atoms with Gasteiger partial charge >= 0.3 is 21.1 Å². The summed E-state index contributed by atoms with van der Waals surface area (Å²) in [4.78, 5) is 54.7. The molecule has 0 saturated carbocycles. The molecule has 7 aromatic heterocycles. The quantitative estimate of drug-likeness (QED) is 0.0389. The zero-order chi connectivity index (χ0) is 99.9.